The number of carbonyl (C=O) groups is 2. The number of allylic oxidation sites excluding steroid dienone is 2. The SMILES string of the molecule is CN(C)C(=O)SC1=C(N(C)C(=S)N(C)C)CC(C)(C)CC1=O. The van der Waals surface area contributed by atoms with Crippen LogP contribution in [0.3, 0.4) is 0 Å². The van der Waals surface area contributed by atoms with E-state index in [1.165, 1.54) is 4.90 Å². The van der Waals surface area contributed by atoms with Crippen molar-refractivity contribution in [2.24, 2.45) is 5.41 Å². The summed E-state index contributed by atoms with van der Waals surface area (Å²) in [4.78, 5) is 30.2. The van der Waals surface area contributed by atoms with Gasteiger partial charge in [0.05, 0.1) is 4.91 Å². The summed E-state index contributed by atoms with van der Waals surface area (Å²) < 4.78 is 0. The van der Waals surface area contributed by atoms with Gasteiger partial charge in [0.2, 0.25) is 0 Å². The second kappa shape index (κ2) is 7.00. The Morgan fingerprint density at radius 2 is 1.64 bits per heavy atom. The van der Waals surface area contributed by atoms with E-state index in [2.05, 4.69) is 13.8 Å². The Morgan fingerprint density at radius 1 is 1.09 bits per heavy atom. The maximum absolute atomic E-state index is 12.5. The molecule has 0 saturated carbocycles. The Balaban J connectivity index is 3.26. The molecule has 0 aromatic heterocycles. The first-order valence-electron chi connectivity index (χ1n) is 7.07. The predicted octanol–water partition coefficient (Wildman–Crippen LogP) is 2.78. The van der Waals surface area contributed by atoms with Crippen LogP contribution in [-0.2, 0) is 4.79 Å². The molecule has 0 fully saturated rings. The van der Waals surface area contributed by atoms with Crippen molar-refractivity contribution in [3.63, 3.8) is 0 Å². The molecule has 0 unspecified atom stereocenters. The Morgan fingerprint density at radius 3 is 2.09 bits per heavy atom. The number of thiocarbonyl (C=S) groups is 1. The lowest BCUT2D eigenvalue weighted by molar-refractivity contribution is -0.117. The number of amides is 1. The summed E-state index contributed by atoms with van der Waals surface area (Å²) in [5.41, 5.74) is 0.702. The van der Waals surface area contributed by atoms with Crippen LogP contribution in [0.4, 0.5) is 4.79 Å². The van der Waals surface area contributed by atoms with E-state index in [0.717, 1.165) is 17.5 Å². The molecule has 0 aromatic carbocycles. The molecule has 0 atom stereocenters. The Hall–Kier alpha value is -1.08. The summed E-state index contributed by atoms with van der Waals surface area (Å²) in [6.45, 7) is 4.12. The average molecular weight is 344 g/mol. The Kier molecular flexibility index (Phi) is 6.03. The van der Waals surface area contributed by atoms with Gasteiger partial charge in [0.1, 0.15) is 0 Å². The lowest BCUT2D eigenvalue weighted by Crippen LogP contribution is -2.40. The summed E-state index contributed by atoms with van der Waals surface area (Å²) in [6.07, 6.45) is 1.16. The van der Waals surface area contributed by atoms with Gasteiger partial charge in [0, 0.05) is 47.4 Å². The number of nitrogens with zero attached hydrogens (tertiary/aromatic N) is 3. The number of hydrogen-bond donors (Lipinski definition) is 0. The summed E-state index contributed by atoms with van der Waals surface area (Å²) in [5, 5.41) is 0.473. The Labute approximate surface area is 142 Å². The first-order valence-corrected chi connectivity index (χ1v) is 8.29. The number of thioether (sulfide) groups is 1. The molecule has 7 heteroatoms. The molecule has 0 radical (unpaired) electrons. The highest BCUT2D eigenvalue weighted by molar-refractivity contribution is 8.17. The molecule has 5 nitrogen and oxygen atoms in total. The van der Waals surface area contributed by atoms with E-state index in [9.17, 15) is 9.59 Å². The molecule has 124 valence electrons. The van der Waals surface area contributed by atoms with Gasteiger partial charge in [-0.2, -0.15) is 0 Å². The van der Waals surface area contributed by atoms with Crippen molar-refractivity contribution in [1.82, 2.24) is 14.7 Å². The zero-order chi connectivity index (χ0) is 17.2. The van der Waals surface area contributed by atoms with E-state index in [1.807, 2.05) is 30.9 Å². The van der Waals surface area contributed by atoms with Crippen molar-refractivity contribution in [1.29, 1.82) is 0 Å². The molecule has 0 heterocycles. The number of hydrogen-bond acceptors (Lipinski definition) is 4. The van der Waals surface area contributed by atoms with Crippen LogP contribution in [0.25, 0.3) is 0 Å². The summed E-state index contributed by atoms with van der Waals surface area (Å²) >= 11 is 6.42. The maximum Gasteiger partial charge on any atom is 0.286 e. The molecule has 1 aliphatic carbocycles. The van der Waals surface area contributed by atoms with Crippen molar-refractivity contribution in [3.05, 3.63) is 10.6 Å². The van der Waals surface area contributed by atoms with Gasteiger partial charge >= 0.3 is 0 Å². The molecule has 0 aromatic rings. The normalized spacial score (nSPS) is 17.3. The molecule has 0 N–H and O–H groups in total. The molecule has 1 amide bonds. The number of Topliss-reactive ketones (excluding diaryl/α,β-unsaturated/α-hetero) is 1. The fraction of sp³-hybridized carbons (Fsp3) is 0.667. The number of carbonyl (C=O) groups excluding carboxylic acids is 2. The van der Waals surface area contributed by atoms with Crippen LogP contribution >= 0.6 is 24.0 Å². The van der Waals surface area contributed by atoms with Crippen LogP contribution in [0.15, 0.2) is 10.6 Å². The van der Waals surface area contributed by atoms with Crippen LogP contribution in [0.5, 0.6) is 0 Å². The zero-order valence-corrected chi connectivity index (χ0v) is 16.0. The highest BCUT2D eigenvalue weighted by atomic mass is 32.2. The highest BCUT2D eigenvalue weighted by Crippen LogP contribution is 2.42. The Bertz CT molecular complexity index is 525. The van der Waals surface area contributed by atoms with Crippen molar-refractivity contribution >= 4 is 40.1 Å². The van der Waals surface area contributed by atoms with Crippen LogP contribution in [0.1, 0.15) is 26.7 Å². The smallest absolute Gasteiger partial charge is 0.286 e. The van der Waals surface area contributed by atoms with E-state index in [1.54, 1.807) is 14.1 Å². The maximum atomic E-state index is 12.5. The van der Waals surface area contributed by atoms with E-state index < -0.39 is 0 Å². The standard InChI is InChI=1S/C15H25N3O2S2/c1-15(2)8-10(18(7)13(21)16(3)4)12(11(19)9-15)22-14(20)17(5)6/h8-9H2,1-7H3. The van der Waals surface area contributed by atoms with Gasteiger partial charge in [-0.25, -0.2) is 0 Å². The molecule has 0 aliphatic heterocycles. The molecular weight excluding hydrogens is 318 g/mol. The van der Waals surface area contributed by atoms with Crippen molar-refractivity contribution in [2.45, 2.75) is 26.7 Å². The number of ketones is 1. The molecular formula is C15H25N3O2S2. The molecule has 0 bridgehead atoms. The summed E-state index contributed by atoms with van der Waals surface area (Å²) in [6, 6.07) is 0. The minimum atomic E-state index is -0.148. The third-order valence-electron chi connectivity index (χ3n) is 3.43. The fourth-order valence-corrected chi connectivity index (χ4v) is 3.23. The lowest BCUT2D eigenvalue weighted by atomic mass is 9.78. The van der Waals surface area contributed by atoms with Crippen LogP contribution in [0, 0.1) is 5.41 Å². The third-order valence-corrected chi connectivity index (χ3v) is 5.28. The third kappa shape index (κ3) is 4.46. The van der Waals surface area contributed by atoms with Crippen LogP contribution < -0.4 is 0 Å². The van der Waals surface area contributed by atoms with Gasteiger partial charge in [0.15, 0.2) is 10.9 Å². The predicted molar refractivity (Wildman–Crippen MR) is 95.8 cm³/mol. The van der Waals surface area contributed by atoms with Crippen LogP contribution in [0.2, 0.25) is 0 Å². The first-order chi connectivity index (χ1) is 9.96. The van der Waals surface area contributed by atoms with Gasteiger partial charge in [-0.05, 0) is 35.8 Å². The second-order valence-corrected chi connectivity index (χ2v) is 8.04. The van der Waals surface area contributed by atoms with Crippen LogP contribution in [-0.4, -0.2) is 66.1 Å². The largest absolute Gasteiger partial charge is 0.355 e. The molecule has 22 heavy (non-hydrogen) atoms. The van der Waals surface area contributed by atoms with Crippen molar-refractivity contribution in [2.75, 3.05) is 35.2 Å². The van der Waals surface area contributed by atoms with E-state index in [-0.39, 0.29) is 16.4 Å². The molecule has 1 aliphatic rings. The summed E-state index contributed by atoms with van der Waals surface area (Å²) in [7, 11) is 8.95. The molecule has 0 spiro atoms. The van der Waals surface area contributed by atoms with Gasteiger partial charge in [0.25, 0.3) is 5.24 Å². The molecule has 1 rings (SSSR count). The summed E-state index contributed by atoms with van der Waals surface area (Å²) in [5.74, 6) is 0.0138. The molecule has 0 saturated heterocycles. The quantitative estimate of drug-likeness (QED) is 0.719. The fourth-order valence-electron chi connectivity index (χ4n) is 2.25. The average Bonchev–Trinajstić information content (AvgIpc) is 2.38. The minimum Gasteiger partial charge on any atom is -0.355 e. The van der Waals surface area contributed by atoms with Crippen molar-refractivity contribution in [3.8, 4) is 0 Å². The van der Waals surface area contributed by atoms with Gasteiger partial charge in [-0.1, -0.05) is 13.8 Å². The van der Waals surface area contributed by atoms with E-state index in [4.69, 9.17) is 12.2 Å². The van der Waals surface area contributed by atoms with Gasteiger partial charge in [-0.15, -0.1) is 0 Å². The van der Waals surface area contributed by atoms with E-state index >= 15 is 0 Å². The number of rotatable bonds is 2. The minimum absolute atomic E-state index is 0.0138. The first kappa shape index (κ1) is 19.0. The zero-order valence-electron chi connectivity index (χ0n) is 14.4. The van der Waals surface area contributed by atoms with Crippen molar-refractivity contribution < 1.29 is 9.59 Å². The monoisotopic (exact) mass is 343 g/mol. The van der Waals surface area contributed by atoms with E-state index in [0.29, 0.717) is 22.9 Å². The lowest BCUT2D eigenvalue weighted by Gasteiger charge is -2.37. The topological polar surface area (TPSA) is 43.9 Å². The van der Waals surface area contributed by atoms with Gasteiger partial charge < -0.3 is 14.7 Å². The second-order valence-electron chi connectivity index (χ2n) is 6.72. The highest BCUT2D eigenvalue weighted by Gasteiger charge is 2.36. The van der Waals surface area contributed by atoms with Gasteiger partial charge in [-0.3, -0.25) is 9.59 Å².